The molecule has 0 saturated carbocycles. The van der Waals surface area contributed by atoms with Gasteiger partial charge in [-0.15, -0.1) is 11.3 Å². The van der Waals surface area contributed by atoms with Crippen molar-refractivity contribution >= 4 is 39.6 Å². The molecule has 2 heterocycles. The van der Waals surface area contributed by atoms with Crippen LogP contribution in [0.2, 0.25) is 5.02 Å². The number of benzene rings is 1. The number of nitrogens with one attached hydrogen (secondary N) is 2. The molecule has 1 aliphatic heterocycles. The summed E-state index contributed by atoms with van der Waals surface area (Å²) in [4.78, 5) is 28.6. The van der Waals surface area contributed by atoms with Crippen LogP contribution in [0.4, 0.5) is 5.00 Å². The molecule has 6 heteroatoms. The topological polar surface area (TPSA) is 50.6 Å². The van der Waals surface area contributed by atoms with Crippen molar-refractivity contribution in [3.63, 3.8) is 0 Å². The van der Waals surface area contributed by atoms with E-state index in [-0.39, 0.29) is 11.7 Å². The Labute approximate surface area is 174 Å². The Kier molecular flexibility index (Phi) is 6.14. The van der Waals surface area contributed by atoms with Crippen LogP contribution < -0.4 is 10.2 Å². The lowest BCUT2D eigenvalue weighted by atomic mass is 9.92. The summed E-state index contributed by atoms with van der Waals surface area (Å²) in [6.07, 6.45) is 7.79. The lowest BCUT2D eigenvalue weighted by molar-refractivity contribution is -0.896. The molecule has 1 saturated heterocycles. The first-order valence-corrected chi connectivity index (χ1v) is 11.4. The molecule has 0 atom stereocenters. The minimum Gasteiger partial charge on any atom is -0.327 e. The number of ketones is 1. The zero-order valence-corrected chi connectivity index (χ0v) is 17.6. The SMILES string of the molecule is O=C(C[NH+]1CCCCC1)Nc1sc2c(c1C(=O)c1ccc(Cl)cc1)CCCC2. The summed E-state index contributed by atoms with van der Waals surface area (Å²) < 4.78 is 0. The van der Waals surface area contributed by atoms with Gasteiger partial charge >= 0.3 is 0 Å². The molecule has 1 aliphatic carbocycles. The van der Waals surface area contributed by atoms with Crippen LogP contribution in [0, 0.1) is 0 Å². The Morgan fingerprint density at radius 1 is 1.00 bits per heavy atom. The van der Waals surface area contributed by atoms with Crippen LogP contribution in [0.15, 0.2) is 24.3 Å². The van der Waals surface area contributed by atoms with Gasteiger partial charge in [0.25, 0.3) is 5.91 Å². The van der Waals surface area contributed by atoms with Crippen LogP contribution in [0.5, 0.6) is 0 Å². The molecule has 1 amide bonds. The maximum atomic E-state index is 13.3. The summed E-state index contributed by atoms with van der Waals surface area (Å²) in [5.74, 6) is -0.00246. The molecule has 4 rings (SSSR count). The van der Waals surface area contributed by atoms with Crippen molar-refractivity contribution in [1.82, 2.24) is 0 Å². The third-order valence-electron chi connectivity index (χ3n) is 5.73. The number of hydrogen-bond acceptors (Lipinski definition) is 3. The molecule has 1 aromatic carbocycles. The summed E-state index contributed by atoms with van der Waals surface area (Å²) in [6, 6.07) is 7.01. The van der Waals surface area contributed by atoms with Gasteiger partial charge in [-0.1, -0.05) is 11.6 Å². The molecule has 1 fully saturated rings. The van der Waals surface area contributed by atoms with Crippen molar-refractivity contribution in [3.05, 3.63) is 50.9 Å². The average Bonchev–Trinajstić information content (AvgIpc) is 3.06. The highest BCUT2D eigenvalue weighted by atomic mass is 35.5. The van der Waals surface area contributed by atoms with Crippen molar-refractivity contribution in [2.45, 2.75) is 44.9 Å². The van der Waals surface area contributed by atoms with Crippen LogP contribution in [-0.2, 0) is 17.6 Å². The minimum absolute atomic E-state index is 0.0145. The number of amides is 1. The van der Waals surface area contributed by atoms with Crippen LogP contribution in [0.25, 0.3) is 0 Å². The molecule has 1 aromatic heterocycles. The molecule has 0 radical (unpaired) electrons. The maximum absolute atomic E-state index is 13.3. The quantitative estimate of drug-likeness (QED) is 0.731. The molecule has 2 N–H and O–H groups in total. The second-order valence-electron chi connectivity index (χ2n) is 7.79. The number of piperidine rings is 1. The number of carbonyl (C=O) groups is 2. The van der Waals surface area contributed by atoms with Crippen LogP contribution in [-0.4, -0.2) is 31.3 Å². The van der Waals surface area contributed by atoms with Crippen LogP contribution >= 0.6 is 22.9 Å². The van der Waals surface area contributed by atoms with Gasteiger partial charge in [-0.25, -0.2) is 0 Å². The van der Waals surface area contributed by atoms with E-state index in [1.165, 1.54) is 29.0 Å². The first-order valence-electron chi connectivity index (χ1n) is 10.2. The fourth-order valence-corrected chi connectivity index (χ4v) is 5.70. The molecule has 2 aliphatic rings. The molecule has 2 aromatic rings. The van der Waals surface area contributed by atoms with E-state index in [0.717, 1.165) is 49.3 Å². The number of aryl methyl sites for hydroxylation is 1. The highest BCUT2D eigenvalue weighted by Gasteiger charge is 2.28. The zero-order chi connectivity index (χ0) is 19.5. The fraction of sp³-hybridized carbons (Fsp3) is 0.455. The molecule has 28 heavy (non-hydrogen) atoms. The summed E-state index contributed by atoms with van der Waals surface area (Å²) >= 11 is 7.57. The van der Waals surface area contributed by atoms with Crippen molar-refractivity contribution in [1.29, 1.82) is 0 Å². The summed E-state index contributed by atoms with van der Waals surface area (Å²) in [5, 5.41) is 4.43. The fourth-order valence-electron chi connectivity index (χ4n) is 4.27. The van der Waals surface area contributed by atoms with E-state index in [4.69, 9.17) is 11.6 Å². The van der Waals surface area contributed by atoms with Gasteiger partial charge in [-0.3, -0.25) is 9.59 Å². The van der Waals surface area contributed by atoms with Crippen LogP contribution in [0.1, 0.15) is 58.5 Å². The van der Waals surface area contributed by atoms with Gasteiger partial charge in [0.2, 0.25) is 0 Å². The maximum Gasteiger partial charge on any atom is 0.280 e. The first-order chi connectivity index (χ1) is 13.6. The number of rotatable bonds is 5. The third-order valence-corrected chi connectivity index (χ3v) is 7.19. The van der Waals surface area contributed by atoms with Gasteiger partial charge in [0.05, 0.1) is 18.7 Å². The lowest BCUT2D eigenvalue weighted by Crippen LogP contribution is -3.13. The highest BCUT2D eigenvalue weighted by molar-refractivity contribution is 7.17. The van der Waals surface area contributed by atoms with Crippen molar-refractivity contribution < 1.29 is 14.5 Å². The molecule has 0 spiro atoms. The standard InChI is InChI=1S/C22H25ClN2O2S/c23-16-10-8-15(9-11-16)21(27)20-17-6-2-3-7-18(17)28-22(20)24-19(26)14-25-12-4-1-5-13-25/h8-11H,1-7,12-14H2,(H,24,26)/p+1. The van der Waals surface area contributed by atoms with Crippen LogP contribution in [0.3, 0.4) is 0 Å². The molecule has 4 nitrogen and oxygen atoms in total. The van der Waals surface area contributed by atoms with Gasteiger partial charge in [-0.05, 0) is 74.8 Å². The molecule has 0 bridgehead atoms. The number of thiophene rings is 1. The average molecular weight is 418 g/mol. The van der Waals surface area contributed by atoms with Gasteiger partial charge in [0.1, 0.15) is 5.00 Å². The van der Waals surface area contributed by atoms with E-state index < -0.39 is 0 Å². The Morgan fingerprint density at radius 2 is 1.71 bits per heavy atom. The second-order valence-corrected chi connectivity index (χ2v) is 9.33. The van der Waals surface area contributed by atoms with E-state index in [9.17, 15) is 9.59 Å². The second kappa shape index (κ2) is 8.76. The van der Waals surface area contributed by atoms with E-state index >= 15 is 0 Å². The van der Waals surface area contributed by atoms with Gasteiger partial charge < -0.3 is 10.2 Å². The molecule has 148 valence electrons. The largest absolute Gasteiger partial charge is 0.327 e. The molecule has 0 unspecified atom stereocenters. The predicted molar refractivity (Wildman–Crippen MR) is 114 cm³/mol. The smallest absolute Gasteiger partial charge is 0.280 e. The minimum atomic E-state index is -0.0170. The predicted octanol–water partition coefficient (Wildman–Crippen LogP) is 3.52. The third kappa shape index (κ3) is 4.32. The van der Waals surface area contributed by atoms with Crippen molar-refractivity contribution in [2.75, 3.05) is 25.0 Å². The number of quaternary nitrogens is 1. The summed E-state index contributed by atoms with van der Waals surface area (Å²) in [6.45, 7) is 2.60. The number of fused-ring (bicyclic) bond motifs is 1. The number of carbonyl (C=O) groups excluding carboxylic acids is 2. The molecular weight excluding hydrogens is 392 g/mol. The Hall–Kier alpha value is -1.69. The van der Waals surface area contributed by atoms with Crippen molar-refractivity contribution in [3.8, 4) is 0 Å². The van der Waals surface area contributed by atoms with E-state index in [1.54, 1.807) is 35.6 Å². The Balaban J connectivity index is 1.59. The van der Waals surface area contributed by atoms with Gasteiger partial charge in [-0.2, -0.15) is 0 Å². The van der Waals surface area contributed by atoms with Crippen molar-refractivity contribution in [2.24, 2.45) is 0 Å². The number of likely N-dealkylation sites (tertiary alicyclic amines) is 1. The van der Waals surface area contributed by atoms with Gasteiger partial charge in [0.15, 0.2) is 12.3 Å². The number of hydrogen-bond donors (Lipinski definition) is 2. The number of anilines is 1. The van der Waals surface area contributed by atoms with E-state index in [2.05, 4.69) is 5.32 Å². The summed E-state index contributed by atoms with van der Waals surface area (Å²) in [5.41, 5.74) is 2.45. The zero-order valence-electron chi connectivity index (χ0n) is 16.0. The molecular formula is C22H26ClN2O2S+. The number of halogens is 1. The van der Waals surface area contributed by atoms with E-state index in [1.807, 2.05) is 0 Å². The van der Waals surface area contributed by atoms with Gasteiger partial charge in [0, 0.05) is 15.5 Å². The Bertz CT molecular complexity index is 869. The van der Waals surface area contributed by atoms with E-state index in [0.29, 0.717) is 22.7 Å². The summed E-state index contributed by atoms with van der Waals surface area (Å²) in [7, 11) is 0. The monoisotopic (exact) mass is 417 g/mol. The highest BCUT2D eigenvalue weighted by Crippen LogP contribution is 2.39. The normalized spacial score (nSPS) is 17.2. The first kappa shape index (κ1) is 19.6. The lowest BCUT2D eigenvalue weighted by Gasteiger charge is -2.22. The Morgan fingerprint density at radius 3 is 2.46 bits per heavy atom.